The van der Waals surface area contributed by atoms with Crippen molar-refractivity contribution in [1.29, 1.82) is 10.5 Å². The second-order valence-corrected chi connectivity index (χ2v) is 5.46. The molecule has 0 amide bonds. The minimum absolute atomic E-state index is 0.133. The van der Waals surface area contributed by atoms with E-state index >= 15 is 0 Å². The first kappa shape index (κ1) is 15.9. The fraction of sp³-hybridized carbons (Fsp3) is 0.412. The summed E-state index contributed by atoms with van der Waals surface area (Å²) in [5, 5.41) is 18.8. The van der Waals surface area contributed by atoms with Crippen LogP contribution in [0, 0.1) is 35.5 Å². The molecule has 1 aromatic heterocycles. The number of rotatable bonds is 6. The van der Waals surface area contributed by atoms with E-state index in [4.69, 9.17) is 10.5 Å². The molecule has 2 aromatic rings. The summed E-state index contributed by atoms with van der Waals surface area (Å²) in [5.41, 5.74) is 1.91. The molecule has 0 aliphatic carbocycles. The Morgan fingerprint density at radius 3 is 2.73 bits per heavy atom. The van der Waals surface area contributed by atoms with Gasteiger partial charge in [0, 0.05) is 24.0 Å². The molecule has 0 saturated heterocycles. The number of hydrogen-bond acceptors (Lipinski definition) is 5. The molecule has 0 fully saturated rings. The van der Waals surface area contributed by atoms with E-state index in [9.17, 15) is 0 Å². The van der Waals surface area contributed by atoms with Crippen LogP contribution in [0.15, 0.2) is 24.3 Å². The van der Waals surface area contributed by atoms with Crippen molar-refractivity contribution >= 4 is 10.9 Å². The first-order valence-electron chi connectivity index (χ1n) is 7.31. The number of nitriles is 2. The van der Waals surface area contributed by atoms with Crippen molar-refractivity contribution in [3.63, 3.8) is 0 Å². The van der Waals surface area contributed by atoms with Crippen LogP contribution in [-0.2, 0) is 6.54 Å². The normalized spacial score (nSPS) is 12.0. The second kappa shape index (κ2) is 7.49. The van der Waals surface area contributed by atoms with Crippen molar-refractivity contribution in [2.45, 2.75) is 26.3 Å². The van der Waals surface area contributed by atoms with E-state index in [1.807, 2.05) is 43.1 Å². The molecule has 0 bridgehead atoms. The fourth-order valence-electron chi connectivity index (χ4n) is 2.48. The molecule has 1 aromatic carbocycles. The van der Waals surface area contributed by atoms with Crippen molar-refractivity contribution in [2.75, 3.05) is 13.6 Å². The molecule has 0 aliphatic heterocycles. The summed E-state index contributed by atoms with van der Waals surface area (Å²) in [4.78, 5) is 11.2. The summed E-state index contributed by atoms with van der Waals surface area (Å²) in [6.07, 6.45) is 1.02. The largest absolute Gasteiger partial charge is 0.298 e. The average Bonchev–Trinajstić information content (AvgIpc) is 2.51. The molecule has 0 spiro atoms. The molecule has 22 heavy (non-hydrogen) atoms. The SMILES string of the molecule is Cc1nc(CN(C)CC(C#N)CCC#N)nc2ccccc12. The first-order valence-corrected chi connectivity index (χ1v) is 7.31. The summed E-state index contributed by atoms with van der Waals surface area (Å²) in [6.45, 7) is 3.20. The van der Waals surface area contributed by atoms with E-state index in [0.29, 0.717) is 25.9 Å². The zero-order valence-corrected chi connectivity index (χ0v) is 13.0. The third kappa shape index (κ3) is 4.00. The molecule has 0 N–H and O–H groups in total. The molecule has 1 unspecified atom stereocenters. The molecule has 1 heterocycles. The Morgan fingerprint density at radius 2 is 2.00 bits per heavy atom. The van der Waals surface area contributed by atoms with E-state index < -0.39 is 0 Å². The van der Waals surface area contributed by atoms with Crippen LogP contribution in [0.4, 0.5) is 0 Å². The van der Waals surface area contributed by atoms with E-state index in [1.54, 1.807) is 0 Å². The minimum Gasteiger partial charge on any atom is -0.298 e. The molecule has 5 nitrogen and oxygen atoms in total. The monoisotopic (exact) mass is 293 g/mol. The number of aryl methyl sites for hydroxylation is 1. The molecular formula is C17H19N5. The van der Waals surface area contributed by atoms with Crippen LogP contribution in [0.5, 0.6) is 0 Å². The standard InChI is InChI=1S/C17H19N5/c1-13-15-7-3-4-8-16(15)21-17(20-13)12-22(2)11-14(10-19)6-5-9-18/h3-4,7-8,14H,5-6,11-12H2,1-2H3. The highest BCUT2D eigenvalue weighted by atomic mass is 15.1. The Hall–Kier alpha value is -2.50. The minimum atomic E-state index is -0.133. The first-order chi connectivity index (χ1) is 10.6. The van der Waals surface area contributed by atoms with Gasteiger partial charge in [0.1, 0.15) is 5.82 Å². The molecule has 1 atom stereocenters. The van der Waals surface area contributed by atoms with Crippen LogP contribution in [0.2, 0.25) is 0 Å². The molecule has 0 saturated carbocycles. The van der Waals surface area contributed by atoms with Gasteiger partial charge in [-0.25, -0.2) is 9.97 Å². The van der Waals surface area contributed by atoms with Gasteiger partial charge in [-0.15, -0.1) is 0 Å². The van der Waals surface area contributed by atoms with Gasteiger partial charge in [0.25, 0.3) is 0 Å². The summed E-state index contributed by atoms with van der Waals surface area (Å²) in [5.74, 6) is 0.627. The van der Waals surface area contributed by atoms with Crippen molar-refractivity contribution < 1.29 is 0 Å². The molecule has 0 radical (unpaired) electrons. The number of benzene rings is 1. The van der Waals surface area contributed by atoms with Crippen LogP contribution >= 0.6 is 0 Å². The van der Waals surface area contributed by atoms with Gasteiger partial charge in [-0.05, 0) is 26.5 Å². The fourth-order valence-corrected chi connectivity index (χ4v) is 2.48. The lowest BCUT2D eigenvalue weighted by molar-refractivity contribution is 0.283. The lowest BCUT2D eigenvalue weighted by Crippen LogP contribution is -2.25. The number of aromatic nitrogens is 2. The number of fused-ring (bicyclic) bond motifs is 1. The lowest BCUT2D eigenvalue weighted by atomic mass is 10.1. The maximum atomic E-state index is 9.14. The summed E-state index contributed by atoms with van der Waals surface area (Å²) >= 11 is 0. The van der Waals surface area contributed by atoms with Crippen LogP contribution in [0.3, 0.4) is 0 Å². The zero-order valence-electron chi connectivity index (χ0n) is 13.0. The Labute approximate surface area is 130 Å². The average molecular weight is 293 g/mol. The molecular weight excluding hydrogens is 274 g/mol. The van der Waals surface area contributed by atoms with Crippen molar-refractivity contribution in [1.82, 2.24) is 14.9 Å². The van der Waals surface area contributed by atoms with Crippen LogP contribution < -0.4 is 0 Å². The van der Waals surface area contributed by atoms with Crippen LogP contribution in [-0.4, -0.2) is 28.5 Å². The van der Waals surface area contributed by atoms with Gasteiger partial charge < -0.3 is 0 Å². The highest BCUT2D eigenvalue weighted by Gasteiger charge is 2.13. The van der Waals surface area contributed by atoms with Gasteiger partial charge in [0.2, 0.25) is 0 Å². The van der Waals surface area contributed by atoms with E-state index in [1.165, 1.54) is 0 Å². The van der Waals surface area contributed by atoms with E-state index in [-0.39, 0.29) is 5.92 Å². The summed E-state index contributed by atoms with van der Waals surface area (Å²) in [7, 11) is 1.95. The predicted molar refractivity (Wildman–Crippen MR) is 84.6 cm³/mol. The van der Waals surface area contributed by atoms with Gasteiger partial charge in [-0.3, -0.25) is 4.90 Å². The van der Waals surface area contributed by atoms with Crippen molar-refractivity contribution in [2.24, 2.45) is 5.92 Å². The number of hydrogen-bond donors (Lipinski definition) is 0. The quantitative estimate of drug-likeness (QED) is 0.818. The highest BCUT2D eigenvalue weighted by Crippen LogP contribution is 2.15. The van der Waals surface area contributed by atoms with E-state index in [2.05, 4.69) is 22.1 Å². The third-order valence-electron chi connectivity index (χ3n) is 3.57. The molecule has 112 valence electrons. The van der Waals surface area contributed by atoms with Gasteiger partial charge in [-0.1, -0.05) is 18.2 Å². The Kier molecular flexibility index (Phi) is 5.41. The molecule has 0 aliphatic rings. The maximum absolute atomic E-state index is 9.14. The molecule has 2 rings (SSSR count). The second-order valence-electron chi connectivity index (χ2n) is 5.46. The highest BCUT2D eigenvalue weighted by molar-refractivity contribution is 5.80. The van der Waals surface area contributed by atoms with Crippen LogP contribution in [0.25, 0.3) is 10.9 Å². The predicted octanol–water partition coefficient (Wildman–Crippen LogP) is 2.81. The number of para-hydroxylation sites is 1. The van der Waals surface area contributed by atoms with Crippen molar-refractivity contribution in [3.05, 3.63) is 35.8 Å². The lowest BCUT2D eigenvalue weighted by Gasteiger charge is -2.18. The topological polar surface area (TPSA) is 76.6 Å². The third-order valence-corrected chi connectivity index (χ3v) is 3.57. The Morgan fingerprint density at radius 1 is 1.23 bits per heavy atom. The van der Waals surface area contributed by atoms with Crippen LogP contribution in [0.1, 0.15) is 24.4 Å². The Bertz CT molecular complexity index is 726. The molecule has 5 heteroatoms. The van der Waals surface area contributed by atoms with Gasteiger partial charge in [-0.2, -0.15) is 10.5 Å². The summed E-state index contributed by atoms with van der Waals surface area (Å²) in [6, 6.07) is 12.3. The number of nitrogens with zero attached hydrogens (tertiary/aromatic N) is 5. The van der Waals surface area contributed by atoms with Gasteiger partial charge in [0.05, 0.1) is 30.1 Å². The van der Waals surface area contributed by atoms with Gasteiger partial charge >= 0.3 is 0 Å². The zero-order chi connectivity index (χ0) is 15.9. The van der Waals surface area contributed by atoms with Gasteiger partial charge in [0.15, 0.2) is 0 Å². The smallest absolute Gasteiger partial charge is 0.143 e. The maximum Gasteiger partial charge on any atom is 0.143 e. The van der Waals surface area contributed by atoms with E-state index in [0.717, 1.165) is 22.4 Å². The Balaban J connectivity index is 2.07. The summed E-state index contributed by atoms with van der Waals surface area (Å²) < 4.78 is 0. The van der Waals surface area contributed by atoms with Crippen molar-refractivity contribution in [3.8, 4) is 12.1 Å².